The van der Waals surface area contributed by atoms with E-state index in [9.17, 15) is 14.4 Å². The summed E-state index contributed by atoms with van der Waals surface area (Å²) < 4.78 is 0.800. The highest BCUT2D eigenvalue weighted by Crippen LogP contribution is 2.52. The molecule has 0 N–H and O–H groups in total. The molecular formula is C29H22N2O3S3. The van der Waals surface area contributed by atoms with E-state index in [1.807, 2.05) is 68.4 Å². The Bertz CT molecular complexity index is 1600. The Hall–Kier alpha value is -3.46. The number of para-hydroxylation sites is 1. The lowest BCUT2D eigenvalue weighted by Gasteiger charge is -2.45. The van der Waals surface area contributed by atoms with Crippen LogP contribution in [0.1, 0.15) is 45.0 Å². The molecule has 1 atom stereocenters. The Morgan fingerprint density at radius 1 is 0.838 bits per heavy atom. The van der Waals surface area contributed by atoms with Crippen molar-refractivity contribution in [2.24, 2.45) is 0 Å². The molecule has 184 valence electrons. The van der Waals surface area contributed by atoms with E-state index in [2.05, 4.69) is 0 Å². The molecule has 0 aliphatic carbocycles. The molecule has 3 heterocycles. The van der Waals surface area contributed by atoms with Gasteiger partial charge in [-0.3, -0.25) is 24.2 Å². The number of nitrogens with zero attached hydrogens (tertiary/aromatic N) is 2. The summed E-state index contributed by atoms with van der Waals surface area (Å²) in [4.78, 5) is 45.7. The van der Waals surface area contributed by atoms with Gasteiger partial charge in [0, 0.05) is 17.5 Å². The molecule has 2 aliphatic rings. The van der Waals surface area contributed by atoms with E-state index in [0.29, 0.717) is 11.1 Å². The second-order valence-electron chi connectivity index (χ2n) is 9.64. The quantitative estimate of drug-likeness (QED) is 0.164. The van der Waals surface area contributed by atoms with Crippen LogP contribution in [0, 0.1) is 3.82 Å². The lowest BCUT2D eigenvalue weighted by atomic mass is 9.86. The second-order valence-corrected chi connectivity index (χ2v) is 12.5. The van der Waals surface area contributed by atoms with Crippen LogP contribution in [0.5, 0.6) is 0 Å². The molecule has 0 saturated heterocycles. The zero-order valence-electron chi connectivity index (χ0n) is 20.1. The number of carbonyl (C=O) groups excluding carboxylic acids is 3. The van der Waals surface area contributed by atoms with Crippen molar-refractivity contribution < 1.29 is 14.4 Å². The molecule has 0 spiro atoms. The zero-order valence-corrected chi connectivity index (χ0v) is 22.6. The molecular weight excluding hydrogens is 521 g/mol. The molecule has 0 fully saturated rings. The number of carbonyl (C=O) groups is 3. The summed E-state index contributed by atoms with van der Waals surface area (Å²) in [5.41, 5.74) is 3.42. The van der Waals surface area contributed by atoms with Gasteiger partial charge in [0.25, 0.3) is 17.7 Å². The molecule has 1 unspecified atom stereocenters. The molecule has 3 aromatic carbocycles. The van der Waals surface area contributed by atoms with Crippen molar-refractivity contribution in [3.63, 3.8) is 0 Å². The number of hydrogen-bond acceptors (Lipinski definition) is 6. The van der Waals surface area contributed by atoms with Crippen molar-refractivity contribution in [3.8, 4) is 11.1 Å². The molecule has 3 amide bonds. The van der Waals surface area contributed by atoms with Crippen LogP contribution >= 0.6 is 32.9 Å². The molecule has 8 heteroatoms. The van der Waals surface area contributed by atoms with Crippen LogP contribution < -0.4 is 4.90 Å². The number of amides is 3. The molecule has 6 rings (SSSR count). The van der Waals surface area contributed by atoms with Gasteiger partial charge in [-0.1, -0.05) is 93.6 Å². The van der Waals surface area contributed by atoms with Gasteiger partial charge in [0.1, 0.15) is 9.87 Å². The molecule has 1 aromatic heterocycles. The molecule has 0 saturated carbocycles. The third-order valence-electron chi connectivity index (χ3n) is 7.08. The van der Waals surface area contributed by atoms with Crippen LogP contribution in [0.15, 0.2) is 78.9 Å². The first-order valence-corrected chi connectivity index (χ1v) is 14.4. The summed E-state index contributed by atoms with van der Waals surface area (Å²) >= 11 is 5.68. The van der Waals surface area contributed by atoms with Gasteiger partial charge in [0.05, 0.1) is 27.2 Å². The van der Waals surface area contributed by atoms with Crippen LogP contribution in [0.3, 0.4) is 0 Å². The Morgan fingerprint density at radius 3 is 2.05 bits per heavy atom. The predicted molar refractivity (Wildman–Crippen MR) is 150 cm³/mol. The number of rotatable bonds is 4. The van der Waals surface area contributed by atoms with Crippen molar-refractivity contribution in [2.45, 2.75) is 31.8 Å². The van der Waals surface area contributed by atoms with Gasteiger partial charge >= 0.3 is 0 Å². The van der Waals surface area contributed by atoms with Crippen molar-refractivity contribution in [3.05, 3.63) is 104 Å². The van der Waals surface area contributed by atoms with Gasteiger partial charge in [-0.15, -0.1) is 0 Å². The Morgan fingerprint density at radius 2 is 1.41 bits per heavy atom. The predicted octanol–water partition coefficient (Wildman–Crippen LogP) is 6.70. The summed E-state index contributed by atoms with van der Waals surface area (Å²) in [6.45, 7) is 4.00. The maximum Gasteiger partial charge on any atom is 0.262 e. The smallest absolute Gasteiger partial charge is 0.262 e. The van der Waals surface area contributed by atoms with E-state index in [1.54, 1.807) is 39.5 Å². The summed E-state index contributed by atoms with van der Waals surface area (Å²) in [5.74, 6) is -1.18. The lowest BCUT2D eigenvalue weighted by Crippen LogP contribution is -2.57. The first-order chi connectivity index (χ1) is 17.8. The fourth-order valence-corrected chi connectivity index (χ4v) is 8.62. The topological polar surface area (TPSA) is 57.7 Å². The second kappa shape index (κ2) is 8.83. The normalized spacial score (nSPS) is 16.3. The number of imide groups is 1. The summed E-state index contributed by atoms with van der Waals surface area (Å²) in [5, 5.41) is 0. The third kappa shape index (κ3) is 3.62. The first kappa shape index (κ1) is 23.9. The van der Waals surface area contributed by atoms with Crippen molar-refractivity contribution in [2.75, 3.05) is 4.90 Å². The summed E-state index contributed by atoms with van der Waals surface area (Å²) in [7, 11) is 3.11. The highest BCUT2D eigenvalue weighted by molar-refractivity contribution is 7.80. The van der Waals surface area contributed by atoms with Crippen LogP contribution in [0.25, 0.3) is 11.1 Å². The lowest BCUT2D eigenvalue weighted by molar-refractivity contribution is -0.123. The minimum absolute atomic E-state index is 0.214. The van der Waals surface area contributed by atoms with E-state index in [1.165, 1.54) is 10.3 Å². The van der Waals surface area contributed by atoms with Crippen molar-refractivity contribution in [1.82, 2.24) is 4.90 Å². The average molecular weight is 543 g/mol. The van der Waals surface area contributed by atoms with Gasteiger partial charge in [-0.25, -0.2) is 0 Å². The number of anilines is 1. The average Bonchev–Trinajstić information content (AvgIpc) is 3.41. The van der Waals surface area contributed by atoms with E-state index >= 15 is 0 Å². The fraction of sp³-hybridized carbons (Fsp3) is 0.172. The van der Waals surface area contributed by atoms with Gasteiger partial charge in [-0.05, 0) is 37.6 Å². The van der Waals surface area contributed by atoms with Gasteiger partial charge < -0.3 is 0 Å². The van der Waals surface area contributed by atoms with Crippen molar-refractivity contribution in [1.29, 1.82) is 0 Å². The maximum atomic E-state index is 14.7. The van der Waals surface area contributed by atoms with Gasteiger partial charge in [-0.2, -0.15) is 0 Å². The standard InChI is InChI=1S/C29H22N2O3S3/c1-29(2)24-23(28(35)37-36-24)20-14-8-9-15-21(20)31(29)27(34)22(16-17-10-4-3-5-11-17)30-25(32)18-12-6-7-13-19(18)26(30)33/h3-15,22H,16H2,1-2H3. The van der Waals surface area contributed by atoms with Crippen LogP contribution in [0.4, 0.5) is 5.69 Å². The first-order valence-electron chi connectivity index (χ1n) is 11.9. The molecule has 5 nitrogen and oxygen atoms in total. The molecule has 0 radical (unpaired) electrons. The number of benzene rings is 3. The van der Waals surface area contributed by atoms with Crippen LogP contribution in [-0.2, 0) is 16.8 Å². The van der Waals surface area contributed by atoms with E-state index in [0.717, 1.165) is 36.0 Å². The van der Waals surface area contributed by atoms with Gasteiger partial charge in [0.15, 0.2) is 0 Å². The van der Waals surface area contributed by atoms with Crippen LogP contribution in [0.2, 0.25) is 0 Å². The fourth-order valence-electron chi connectivity index (χ4n) is 5.34. The van der Waals surface area contributed by atoms with E-state index < -0.39 is 23.4 Å². The zero-order chi connectivity index (χ0) is 25.9. The Kier molecular flexibility index (Phi) is 5.71. The highest BCUT2D eigenvalue weighted by atomic mass is 32.9. The number of hydrogen-bond donors (Lipinski definition) is 0. The monoisotopic (exact) mass is 542 g/mol. The minimum Gasteiger partial charge on any atom is -0.299 e. The Labute approximate surface area is 227 Å². The Balaban J connectivity index is 1.51. The molecule has 4 aromatic rings. The summed E-state index contributed by atoms with van der Waals surface area (Å²) in [6, 6.07) is 23.0. The van der Waals surface area contributed by atoms with E-state index in [-0.39, 0.29) is 12.3 Å². The van der Waals surface area contributed by atoms with Crippen molar-refractivity contribution >= 4 is 56.3 Å². The maximum absolute atomic E-state index is 14.7. The molecule has 37 heavy (non-hydrogen) atoms. The van der Waals surface area contributed by atoms with E-state index in [4.69, 9.17) is 12.2 Å². The minimum atomic E-state index is -1.02. The third-order valence-corrected chi connectivity index (χ3v) is 10.4. The summed E-state index contributed by atoms with van der Waals surface area (Å²) in [6.07, 6.45) is 0.214. The largest absolute Gasteiger partial charge is 0.299 e. The highest BCUT2D eigenvalue weighted by Gasteiger charge is 2.49. The molecule has 0 bridgehead atoms. The van der Waals surface area contributed by atoms with Gasteiger partial charge in [0.2, 0.25) is 0 Å². The number of fused-ring (bicyclic) bond motifs is 4. The van der Waals surface area contributed by atoms with Crippen LogP contribution in [-0.4, -0.2) is 28.7 Å². The molecule has 2 aliphatic heterocycles. The SMILES string of the molecule is CC1(C)c2ssc(=S)c2-c2ccccc2N1C(=O)C(Cc1ccccc1)N1C(=O)c2ccccc2C1=O.